The molecule has 0 saturated heterocycles. The van der Waals surface area contributed by atoms with Gasteiger partial charge in [0.2, 0.25) is 0 Å². The molecule has 1 heterocycles. The van der Waals surface area contributed by atoms with Crippen LogP contribution in [0.4, 0.5) is 6.01 Å². The molecule has 0 spiro atoms. The first-order valence-electron chi connectivity index (χ1n) is 6.21. The average Bonchev–Trinajstić information content (AvgIpc) is 2.76. The molecule has 4 nitrogen and oxygen atoms in total. The minimum atomic E-state index is 0.754. The van der Waals surface area contributed by atoms with Crippen LogP contribution in [0.25, 0.3) is 0 Å². The molecule has 0 atom stereocenters. The minimum absolute atomic E-state index is 0.754. The first-order chi connectivity index (χ1) is 7.81. The predicted octanol–water partition coefficient (Wildman–Crippen LogP) is 2.41. The largest absolute Gasteiger partial charge is 0.432 e. The zero-order chi connectivity index (χ0) is 11.8. The Balaban J connectivity index is 2.52. The second-order valence-corrected chi connectivity index (χ2v) is 3.83. The third-order valence-electron chi connectivity index (χ3n) is 2.53. The van der Waals surface area contributed by atoms with E-state index in [1.807, 2.05) is 0 Å². The molecular weight excluding hydrogens is 202 g/mol. The van der Waals surface area contributed by atoms with E-state index in [-0.39, 0.29) is 0 Å². The summed E-state index contributed by atoms with van der Waals surface area (Å²) in [6.45, 7) is 10.1. The van der Waals surface area contributed by atoms with Crippen molar-refractivity contribution in [2.75, 3.05) is 24.5 Å². The summed E-state index contributed by atoms with van der Waals surface area (Å²) in [5.74, 6) is 0. The lowest BCUT2D eigenvalue weighted by Crippen LogP contribution is -2.24. The highest BCUT2D eigenvalue weighted by atomic mass is 16.4. The van der Waals surface area contributed by atoms with Gasteiger partial charge >= 0.3 is 0 Å². The summed E-state index contributed by atoms with van der Waals surface area (Å²) < 4.78 is 5.49. The Bertz CT molecular complexity index is 286. The van der Waals surface area contributed by atoms with Crippen molar-refractivity contribution in [1.82, 2.24) is 10.3 Å². The van der Waals surface area contributed by atoms with Gasteiger partial charge in [0, 0.05) is 19.6 Å². The number of unbranched alkanes of at least 4 members (excludes halogenated alkanes) is 1. The molecular formula is C12H23N3O. The van der Waals surface area contributed by atoms with Crippen LogP contribution >= 0.6 is 0 Å². The fraction of sp³-hybridized carbons (Fsp3) is 0.750. The van der Waals surface area contributed by atoms with Crippen LogP contribution in [0.3, 0.4) is 0 Å². The maximum absolute atomic E-state index is 5.49. The summed E-state index contributed by atoms with van der Waals surface area (Å²) in [6.07, 6.45) is 4.12. The standard InChI is InChI=1S/C12H23N3O/c1-4-7-8-15(6-3)12-14-11(10-16-12)9-13-5-2/h10,13H,4-9H2,1-3H3. The van der Waals surface area contributed by atoms with E-state index in [4.69, 9.17) is 4.42 Å². The lowest BCUT2D eigenvalue weighted by molar-refractivity contribution is 0.530. The van der Waals surface area contributed by atoms with Gasteiger partial charge in [0.1, 0.15) is 6.26 Å². The SMILES string of the molecule is CCCCN(CC)c1nc(CNCC)co1. The van der Waals surface area contributed by atoms with Crippen LogP contribution in [0.15, 0.2) is 10.7 Å². The number of nitrogens with one attached hydrogen (secondary N) is 1. The topological polar surface area (TPSA) is 41.3 Å². The second kappa shape index (κ2) is 7.28. The minimum Gasteiger partial charge on any atom is -0.432 e. The molecule has 0 fully saturated rings. The van der Waals surface area contributed by atoms with Crippen molar-refractivity contribution < 1.29 is 4.42 Å². The summed E-state index contributed by atoms with van der Waals surface area (Å²) in [6, 6.07) is 0.754. The van der Waals surface area contributed by atoms with Crippen molar-refractivity contribution in [3.8, 4) is 0 Å². The Hall–Kier alpha value is -1.03. The molecule has 0 amide bonds. The van der Waals surface area contributed by atoms with Gasteiger partial charge in [-0.1, -0.05) is 20.3 Å². The highest BCUT2D eigenvalue weighted by Gasteiger charge is 2.10. The van der Waals surface area contributed by atoms with Crippen LogP contribution in [-0.4, -0.2) is 24.6 Å². The normalized spacial score (nSPS) is 10.7. The molecule has 1 aromatic heterocycles. The average molecular weight is 225 g/mol. The highest BCUT2D eigenvalue weighted by Crippen LogP contribution is 2.14. The van der Waals surface area contributed by atoms with E-state index in [1.54, 1.807) is 6.26 Å². The van der Waals surface area contributed by atoms with Crippen LogP contribution < -0.4 is 10.2 Å². The molecule has 92 valence electrons. The van der Waals surface area contributed by atoms with Crippen LogP contribution in [0.5, 0.6) is 0 Å². The second-order valence-electron chi connectivity index (χ2n) is 3.83. The number of hydrogen-bond donors (Lipinski definition) is 1. The van der Waals surface area contributed by atoms with Crippen LogP contribution in [-0.2, 0) is 6.54 Å². The van der Waals surface area contributed by atoms with Crippen LogP contribution in [0.1, 0.15) is 39.3 Å². The number of anilines is 1. The van der Waals surface area contributed by atoms with Gasteiger partial charge in [0.15, 0.2) is 0 Å². The third-order valence-corrected chi connectivity index (χ3v) is 2.53. The number of hydrogen-bond acceptors (Lipinski definition) is 4. The molecule has 0 aromatic carbocycles. The molecule has 1 rings (SSSR count). The molecule has 0 saturated carbocycles. The first kappa shape index (κ1) is 13.0. The Labute approximate surface area is 98.0 Å². The zero-order valence-electron chi connectivity index (χ0n) is 10.6. The lowest BCUT2D eigenvalue weighted by atomic mass is 10.3. The van der Waals surface area contributed by atoms with E-state index in [2.05, 4.69) is 36.0 Å². The molecule has 0 radical (unpaired) electrons. The van der Waals surface area contributed by atoms with Crippen molar-refractivity contribution in [1.29, 1.82) is 0 Å². The van der Waals surface area contributed by atoms with Gasteiger partial charge in [-0.15, -0.1) is 0 Å². The fourth-order valence-electron chi connectivity index (χ4n) is 1.51. The lowest BCUT2D eigenvalue weighted by Gasteiger charge is -2.17. The quantitative estimate of drug-likeness (QED) is 0.737. The maximum atomic E-state index is 5.49. The van der Waals surface area contributed by atoms with Gasteiger partial charge in [-0.2, -0.15) is 4.98 Å². The van der Waals surface area contributed by atoms with Crippen LogP contribution in [0.2, 0.25) is 0 Å². The van der Waals surface area contributed by atoms with Crippen molar-refractivity contribution in [2.24, 2.45) is 0 Å². The Kier molecular flexibility index (Phi) is 5.93. The van der Waals surface area contributed by atoms with Gasteiger partial charge in [0.05, 0.1) is 5.69 Å². The van der Waals surface area contributed by atoms with E-state index >= 15 is 0 Å². The smallest absolute Gasteiger partial charge is 0.297 e. The molecule has 0 aliphatic carbocycles. The molecule has 1 N–H and O–H groups in total. The molecule has 0 bridgehead atoms. The van der Waals surface area contributed by atoms with Crippen LogP contribution in [0, 0.1) is 0 Å². The molecule has 0 unspecified atom stereocenters. The third kappa shape index (κ3) is 3.85. The molecule has 4 heteroatoms. The molecule has 0 aliphatic rings. The van der Waals surface area contributed by atoms with Gasteiger partial charge < -0.3 is 14.6 Å². The Morgan fingerprint density at radius 1 is 1.38 bits per heavy atom. The fourth-order valence-corrected chi connectivity index (χ4v) is 1.51. The first-order valence-corrected chi connectivity index (χ1v) is 6.21. The predicted molar refractivity (Wildman–Crippen MR) is 66.7 cm³/mol. The number of nitrogens with zero attached hydrogens (tertiary/aromatic N) is 2. The summed E-state index contributed by atoms with van der Waals surface area (Å²) in [4.78, 5) is 6.65. The van der Waals surface area contributed by atoms with Crippen molar-refractivity contribution in [3.05, 3.63) is 12.0 Å². The summed E-state index contributed by atoms with van der Waals surface area (Å²) in [5, 5.41) is 3.24. The van der Waals surface area contributed by atoms with Crippen molar-refractivity contribution in [2.45, 2.75) is 40.2 Å². The summed E-state index contributed by atoms with van der Waals surface area (Å²) in [5.41, 5.74) is 0.979. The van der Waals surface area contributed by atoms with Gasteiger partial charge in [0.25, 0.3) is 6.01 Å². The van der Waals surface area contributed by atoms with E-state index in [9.17, 15) is 0 Å². The van der Waals surface area contributed by atoms with Crippen molar-refractivity contribution in [3.63, 3.8) is 0 Å². The summed E-state index contributed by atoms with van der Waals surface area (Å²) >= 11 is 0. The summed E-state index contributed by atoms with van der Waals surface area (Å²) in [7, 11) is 0. The molecule has 16 heavy (non-hydrogen) atoms. The Morgan fingerprint density at radius 2 is 2.19 bits per heavy atom. The number of oxazole rings is 1. The number of aromatic nitrogens is 1. The molecule has 0 aliphatic heterocycles. The van der Waals surface area contributed by atoms with E-state index < -0.39 is 0 Å². The van der Waals surface area contributed by atoms with Gasteiger partial charge in [-0.05, 0) is 19.9 Å². The van der Waals surface area contributed by atoms with Gasteiger partial charge in [-0.25, -0.2) is 0 Å². The number of rotatable bonds is 8. The monoisotopic (exact) mass is 225 g/mol. The highest BCUT2D eigenvalue weighted by molar-refractivity contribution is 5.26. The maximum Gasteiger partial charge on any atom is 0.297 e. The molecule has 1 aromatic rings. The van der Waals surface area contributed by atoms with E-state index in [0.717, 1.165) is 37.9 Å². The zero-order valence-corrected chi connectivity index (χ0v) is 10.6. The van der Waals surface area contributed by atoms with E-state index in [1.165, 1.54) is 12.8 Å². The Morgan fingerprint density at radius 3 is 2.81 bits per heavy atom. The van der Waals surface area contributed by atoms with Crippen molar-refractivity contribution >= 4 is 6.01 Å². The van der Waals surface area contributed by atoms with E-state index in [0.29, 0.717) is 0 Å². The van der Waals surface area contributed by atoms with Gasteiger partial charge in [-0.3, -0.25) is 0 Å².